The van der Waals surface area contributed by atoms with Gasteiger partial charge in [0, 0.05) is 11.6 Å². The summed E-state index contributed by atoms with van der Waals surface area (Å²) >= 11 is 0.458. The van der Waals surface area contributed by atoms with Crippen molar-refractivity contribution < 1.29 is 18.8 Å². The van der Waals surface area contributed by atoms with E-state index in [0.717, 1.165) is 18.2 Å². The standard InChI is InChI=1S/C10H8N2O6S/c1-6(2)10(13)18-19-9-4-3-7(11(14)15)5-8(9)12(16)17/h3-5H,1H2,2H3. The van der Waals surface area contributed by atoms with Crippen molar-refractivity contribution in [3.8, 4) is 0 Å². The minimum atomic E-state index is -0.788. The van der Waals surface area contributed by atoms with Gasteiger partial charge in [-0.2, -0.15) is 0 Å². The normalized spacial score (nSPS) is 9.74. The van der Waals surface area contributed by atoms with Crippen LogP contribution in [0, 0.1) is 20.2 Å². The van der Waals surface area contributed by atoms with Crippen LogP contribution in [0.2, 0.25) is 0 Å². The number of non-ortho nitro benzene ring substituents is 1. The fourth-order valence-electron chi connectivity index (χ4n) is 0.986. The molecule has 0 saturated heterocycles. The fourth-order valence-corrected chi connectivity index (χ4v) is 1.64. The lowest BCUT2D eigenvalue weighted by Gasteiger charge is -2.02. The lowest BCUT2D eigenvalue weighted by molar-refractivity contribution is -0.396. The van der Waals surface area contributed by atoms with Gasteiger partial charge in [0.15, 0.2) is 0 Å². The first-order valence-electron chi connectivity index (χ1n) is 4.80. The second-order valence-electron chi connectivity index (χ2n) is 3.40. The predicted octanol–water partition coefficient (Wildman–Crippen LogP) is 2.63. The van der Waals surface area contributed by atoms with E-state index in [4.69, 9.17) is 0 Å². The Balaban J connectivity index is 3.01. The van der Waals surface area contributed by atoms with Crippen LogP contribution in [0.1, 0.15) is 6.92 Å². The summed E-state index contributed by atoms with van der Waals surface area (Å²) in [5.74, 6) is -0.724. The summed E-state index contributed by atoms with van der Waals surface area (Å²) < 4.78 is 4.68. The van der Waals surface area contributed by atoms with Gasteiger partial charge in [-0.25, -0.2) is 4.79 Å². The highest BCUT2D eigenvalue weighted by molar-refractivity contribution is 7.95. The molecule has 0 aromatic heterocycles. The van der Waals surface area contributed by atoms with Crippen LogP contribution in [0.15, 0.2) is 35.2 Å². The number of nitrogens with zero attached hydrogens (tertiary/aromatic N) is 2. The van der Waals surface area contributed by atoms with Gasteiger partial charge in [-0.1, -0.05) is 6.58 Å². The van der Waals surface area contributed by atoms with Gasteiger partial charge in [0.25, 0.3) is 11.4 Å². The topological polar surface area (TPSA) is 113 Å². The Morgan fingerprint density at radius 1 is 1.32 bits per heavy atom. The largest absolute Gasteiger partial charge is 0.382 e. The first-order valence-corrected chi connectivity index (χ1v) is 5.54. The van der Waals surface area contributed by atoms with Crippen molar-refractivity contribution in [2.45, 2.75) is 11.8 Å². The predicted molar refractivity (Wildman–Crippen MR) is 66.5 cm³/mol. The molecule has 0 aliphatic carbocycles. The third kappa shape index (κ3) is 3.78. The van der Waals surface area contributed by atoms with Crippen molar-refractivity contribution in [1.82, 2.24) is 0 Å². The van der Waals surface area contributed by atoms with E-state index in [0.29, 0.717) is 12.0 Å². The molecule has 0 unspecified atom stereocenters. The summed E-state index contributed by atoms with van der Waals surface area (Å²) in [7, 11) is 0. The number of carbonyl (C=O) groups is 1. The van der Waals surface area contributed by atoms with Gasteiger partial charge in [-0.15, -0.1) is 0 Å². The van der Waals surface area contributed by atoms with Crippen LogP contribution in [0.5, 0.6) is 0 Å². The number of benzene rings is 1. The summed E-state index contributed by atoms with van der Waals surface area (Å²) in [6.07, 6.45) is 0. The van der Waals surface area contributed by atoms with E-state index in [9.17, 15) is 25.0 Å². The van der Waals surface area contributed by atoms with Crippen LogP contribution in [0.3, 0.4) is 0 Å². The second kappa shape index (κ2) is 5.96. The molecule has 0 amide bonds. The van der Waals surface area contributed by atoms with Crippen molar-refractivity contribution in [2.75, 3.05) is 0 Å². The Bertz CT molecular complexity index is 571. The molecule has 0 spiro atoms. The highest BCUT2D eigenvalue weighted by atomic mass is 32.2. The number of nitro groups is 2. The van der Waals surface area contributed by atoms with Crippen LogP contribution in [0.25, 0.3) is 0 Å². The molecular weight excluding hydrogens is 276 g/mol. The van der Waals surface area contributed by atoms with E-state index in [-0.39, 0.29) is 10.5 Å². The van der Waals surface area contributed by atoms with Crippen molar-refractivity contribution >= 4 is 29.4 Å². The first kappa shape index (κ1) is 14.6. The summed E-state index contributed by atoms with van der Waals surface area (Å²) in [4.78, 5) is 30.9. The maximum atomic E-state index is 11.2. The van der Waals surface area contributed by atoms with Gasteiger partial charge >= 0.3 is 5.97 Å². The molecule has 8 nitrogen and oxygen atoms in total. The first-order chi connectivity index (χ1) is 8.82. The van der Waals surface area contributed by atoms with Crippen LogP contribution >= 0.6 is 12.0 Å². The Morgan fingerprint density at radius 3 is 2.42 bits per heavy atom. The maximum Gasteiger partial charge on any atom is 0.345 e. The number of nitro benzene ring substituents is 2. The average Bonchev–Trinajstić information content (AvgIpc) is 2.35. The van der Waals surface area contributed by atoms with Gasteiger partial charge < -0.3 is 4.18 Å². The van der Waals surface area contributed by atoms with Gasteiger partial charge in [-0.3, -0.25) is 20.2 Å². The number of hydrogen-bond donors (Lipinski definition) is 0. The van der Waals surface area contributed by atoms with Crippen LogP contribution < -0.4 is 0 Å². The molecule has 0 bridgehead atoms. The van der Waals surface area contributed by atoms with Crippen molar-refractivity contribution in [1.29, 1.82) is 0 Å². The van der Waals surface area contributed by atoms with Crippen LogP contribution in [-0.2, 0) is 8.98 Å². The molecule has 1 rings (SSSR count). The minimum Gasteiger partial charge on any atom is -0.382 e. The van der Waals surface area contributed by atoms with Crippen LogP contribution in [-0.4, -0.2) is 15.8 Å². The number of rotatable bonds is 5. The molecule has 1 aromatic rings. The van der Waals surface area contributed by atoms with E-state index in [2.05, 4.69) is 10.8 Å². The minimum absolute atomic E-state index is 0.00907. The monoisotopic (exact) mass is 284 g/mol. The third-order valence-electron chi connectivity index (χ3n) is 1.91. The molecule has 0 saturated carbocycles. The molecule has 0 radical (unpaired) electrons. The molecule has 100 valence electrons. The Kier molecular flexibility index (Phi) is 4.59. The van der Waals surface area contributed by atoms with Crippen molar-refractivity contribution in [2.24, 2.45) is 0 Å². The zero-order valence-electron chi connectivity index (χ0n) is 9.69. The molecule has 0 aliphatic rings. The third-order valence-corrected chi connectivity index (χ3v) is 2.67. The fraction of sp³-hybridized carbons (Fsp3) is 0.100. The Hall–Kier alpha value is -2.42. The quantitative estimate of drug-likeness (QED) is 0.353. The number of carbonyl (C=O) groups excluding carboxylic acids is 1. The molecule has 0 N–H and O–H groups in total. The van der Waals surface area contributed by atoms with Crippen LogP contribution in [0.4, 0.5) is 11.4 Å². The molecule has 9 heteroatoms. The summed E-state index contributed by atoms with van der Waals surface area (Å²) in [5.41, 5.74) is -0.784. The lowest BCUT2D eigenvalue weighted by atomic mass is 10.3. The highest BCUT2D eigenvalue weighted by Crippen LogP contribution is 2.33. The zero-order valence-corrected chi connectivity index (χ0v) is 10.5. The summed E-state index contributed by atoms with van der Waals surface area (Å²) in [5, 5.41) is 21.3. The van der Waals surface area contributed by atoms with E-state index >= 15 is 0 Å². The van der Waals surface area contributed by atoms with E-state index in [1.165, 1.54) is 6.92 Å². The van der Waals surface area contributed by atoms with Crippen molar-refractivity contribution in [3.05, 3.63) is 50.6 Å². The Labute approximate surface area is 111 Å². The Morgan fingerprint density at radius 2 is 1.95 bits per heavy atom. The molecule has 1 aromatic carbocycles. The number of hydrogen-bond acceptors (Lipinski definition) is 7. The van der Waals surface area contributed by atoms with Gasteiger partial charge in [0.05, 0.1) is 15.9 Å². The van der Waals surface area contributed by atoms with Crippen molar-refractivity contribution in [3.63, 3.8) is 0 Å². The molecule has 19 heavy (non-hydrogen) atoms. The second-order valence-corrected chi connectivity index (χ2v) is 4.17. The summed E-state index contributed by atoms with van der Waals surface area (Å²) in [6, 6.07) is 3.04. The molecule has 0 atom stereocenters. The molecule has 0 fully saturated rings. The van der Waals surface area contributed by atoms with E-state index < -0.39 is 27.2 Å². The summed E-state index contributed by atoms with van der Waals surface area (Å²) in [6.45, 7) is 4.77. The van der Waals surface area contributed by atoms with Gasteiger partial charge in [0.2, 0.25) is 0 Å². The van der Waals surface area contributed by atoms with E-state index in [1.807, 2.05) is 0 Å². The SMILES string of the molecule is C=C(C)C(=O)OSc1ccc([N+](=O)[O-])cc1[N+](=O)[O-]. The molecule has 0 heterocycles. The zero-order chi connectivity index (χ0) is 14.6. The molecule has 0 aliphatic heterocycles. The maximum absolute atomic E-state index is 11.2. The highest BCUT2D eigenvalue weighted by Gasteiger charge is 2.21. The van der Waals surface area contributed by atoms with Gasteiger partial charge in [0.1, 0.15) is 16.9 Å². The average molecular weight is 284 g/mol. The lowest BCUT2D eigenvalue weighted by Crippen LogP contribution is -2.00. The molecular formula is C10H8N2O6S. The van der Waals surface area contributed by atoms with Gasteiger partial charge in [-0.05, 0) is 13.0 Å². The smallest absolute Gasteiger partial charge is 0.345 e. The van der Waals surface area contributed by atoms with E-state index in [1.54, 1.807) is 0 Å².